The van der Waals surface area contributed by atoms with Gasteiger partial charge in [0, 0.05) is 30.2 Å². The van der Waals surface area contributed by atoms with Crippen LogP contribution < -0.4 is 10.6 Å². The SMILES string of the molecule is CC(N)c1cnc(N(C)C(C)C2CC2)s1. The Morgan fingerprint density at radius 3 is 2.67 bits per heavy atom. The lowest BCUT2D eigenvalue weighted by atomic mass is 10.2. The van der Waals surface area contributed by atoms with Crippen molar-refractivity contribution in [2.75, 3.05) is 11.9 Å². The van der Waals surface area contributed by atoms with E-state index in [9.17, 15) is 0 Å². The molecule has 1 aliphatic rings. The van der Waals surface area contributed by atoms with E-state index in [0.29, 0.717) is 6.04 Å². The van der Waals surface area contributed by atoms with E-state index in [2.05, 4.69) is 23.9 Å². The molecule has 1 heterocycles. The molecule has 15 heavy (non-hydrogen) atoms. The van der Waals surface area contributed by atoms with Crippen LogP contribution in [-0.4, -0.2) is 18.1 Å². The van der Waals surface area contributed by atoms with Gasteiger partial charge in [-0.05, 0) is 32.6 Å². The molecule has 1 aromatic heterocycles. The van der Waals surface area contributed by atoms with Crippen LogP contribution in [0.25, 0.3) is 0 Å². The highest BCUT2D eigenvalue weighted by Crippen LogP contribution is 2.37. The van der Waals surface area contributed by atoms with E-state index in [1.807, 2.05) is 13.1 Å². The summed E-state index contributed by atoms with van der Waals surface area (Å²) in [6.45, 7) is 4.28. The van der Waals surface area contributed by atoms with Gasteiger partial charge in [-0.1, -0.05) is 0 Å². The Balaban J connectivity index is 2.07. The van der Waals surface area contributed by atoms with Crippen molar-refractivity contribution in [3.05, 3.63) is 11.1 Å². The van der Waals surface area contributed by atoms with Gasteiger partial charge in [-0.25, -0.2) is 4.98 Å². The molecule has 1 aromatic rings. The van der Waals surface area contributed by atoms with Gasteiger partial charge >= 0.3 is 0 Å². The molecule has 0 aliphatic heterocycles. The van der Waals surface area contributed by atoms with Crippen LogP contribution in [-0.2, 0) is 0 Å². The fraction of sp³-hybridized carbons (Fsp3) is 0.727. The molecule has 3 nitrogen and oxygen atoms in total. The number of hydrogen-bond acceptors (Lipinski definition) is 4. The van der Waals surface area contributed by atoms with Gasteiger partial charge in [-0.2, -0.15) is 0 Å². The van der Waals surface area contributed by atoms with E-state index >= 15 is 0 Å². The number of rotatable bonds is 4. The average Bonchev–Trinajstić information content (AvgIpc) is 2.93. The Hall–Kier alpha value is -0.610. The number of hydrogen-bond donors (Lipinski definition) is 1. The summed E-state index contributed by atoms with van der Waals surface area (Å²) in [6, 6.07) is 0.706. The van der Waals surface area contributed by atoms with Crippen LogP contribution in [0.1, 0.15) is 37.6 Å². The highest BCUT2D eigenvalue weighted by Gasteiger charge is 2.31. The predicted molar refractivity (Wildman–Crippen MR) is 65.3 cm³/mol. The maximum Gasteiger partial charge on any atom is 0.185 e. The second-order valence-electron chi connectivity index (χ2n) is 4.52. The minimum atomic E-state index is 0.0980. The van der Waals surface area contributed by atoms with E-state index in [1.165, 1.54) is 17.7 Å². The van der Waals surface area contributed by atoms with E-state index in [-0.39, 0.29) is 6.04 Å². The fourth-order valence-electron chi connectivity index (χ4n) is 1.72. The van der Waals surface area contributed by atoms with Crippen LogP contribution in [0.5, 0.6) is 0 Å². The number of thiazole rings is 1. The minimum Gasteiger partial charge on any atom is -0.348 e. The highest BCUT2D eigenvalue weighted by molar-refractivity contribution is 7.15. The second-order valence-corrected chi connectivity index (χ2v) is 5.56. The quantitative estimate of drug-likeness (QED) is 0.855. The van der Waals surface area contributed by atoms with Gasteiger partial charge in [0.1, 0.15) is 0 Å². The Kier molecular flexibility index (Phi) is 2.98. The number of nitrogens with zero attached hydrogens (tertiary/aromatic N) is 2. The molecule has 0 aromatic carbocycles. The zero-order chi connectivity index (χ0) is 11.0. The highest BCUT2D eigenvalue weighted by atomic mass is 32.1. The molecule has 0 spiro atoms. The molecular weight excluding hydrogens is 206 g/mol. The molecule has 84 valence electrons. The lowest BCUT2D eigenvalue weighted by Crippen LogP contribution is -2.30. The number of anilines is 1. The lowest BCUT2D eigenvalue weighted by molar-refractivity contribution is 0.608. The fourth-order valence-corrected chi connectivity index (χ4v) is 2.64. The second kappa shape index (κ2) is 4.10. The first-order valence-electron chi connectivity index (χ1n) is 5.53. The van der Waals surface area contributed by atoms with Gasteiger partial charge in [0.2, 0.25) is 0 Å². The third kappa shape index (κ3) is 2.32. The van der Waals surface area contributed by atoms with Gasteiger partial charge in [0.25, 0.3) is 0 Å². The Morgan fingerprint density at radius 2 is 2.20 bits per heavy atom. The zero-order valence-corrected chi connectivity index (χ0v) is 10.4. The van der Waals surface area contributed by atoms with Crippen LogP contribution in [0.3, 0.4) is 0 Å². The van der Waals surface area contributed by atoms with E-state index in [0.717, 1.165) is 11.0 Å². The largest absolute Gasteiger partial charge is 0.348 e. The monoisotopic (exact) mass is 225 g/mol. The molecule has 2 atom stereocenters. The molecule has 1 saturated carbocycles. The van der Waals surface area contributed by atoms with E-state index < -0.39 is 0 Å². The van der Waals surface area contributed by atoms with Crippen molar-refractivity contribution in [3.63, 3.8) is 0 Å². The Labute approximate surface area is 95.3 Å². The number of aromatic nitrogens is 1. The third-order valence-electron chi connectivity index (χ3n) is 3.18. The van der Waals surface area contributed by atoms with Gasteiger partial charge in [-0.3, -0.25) is 0 Å². The van der Waals surface area contributed by atoms with Crippen molar-refractivity contribution >= 4 is 16.5 Å². The maximum absolute atomic E-state index is 5.83. The minimum absolute atomic E-state index is 0.0980. The van der Waals surface area contributed by atoms with Gasteiger partial charge in [0.05, 0.1) is 0 Å². The topological polar surface area (TPSA) is 42.1 Å². The molecule has 1 aliphatic carbocycles. The van der Waals surface area contributed by atoms with Crippen LogP contribution in [0.4, 0.5) is 5.13 Å². The summed E-state index contributed by atoms with van der Waals surface area (Å²) in [5.74, 6) is 0.873. The molecule has 0 amide bonds. The normalized spacial score (nSPS) is 20.0. The summed E-state index contributed by atoms with van der Waals surface area (Å²) in [5.41, 5.74) is 5.83. The van der Waals surface area contributed by atoms with Crippen LogP contribution in [0, 0.1) is 5.92 Å². The van der Waals surface area contributed by atoms with Crippen LogP contribution in [0.15, 0.2) is 6.20 Å². The summed E-state index contributed by atoms with van der Waals surface area (Å²) in [4.78, 5) is 7.89. The van der Waals surface area contributed by atoms with Crippen LogP contribution in [0.2, 0.25) is 0 Å². The molecule has 2 unspecified atom stereocenters. The van der Waals surface area contributed by atoms with E-state index in [1.54, 1.807) is 11.3 Å². The molecular formula is C11H19N3S. The summed E-state index contributed by atoms with van der Waals surface area (Å²) in [7, 11) is 2.13. The summed E-state index contributed by atoms with van der Waals surface area (Å²) >= 11 is 1.71. The molecule has 0 radical (unpaired) electrons. The van der Waals surface area contributed by atoms with Crippen LogP contribution >= 0.6 is 11.3 Å². The average molecular weight is 225 g/mol. The standard InChI is InChI=1S/C11H19N3S/c1-7(12)10-6-13-11(15-10)14(3)8(2)9-4-5-9/h6-9H,4-5,12H2,1-3H3. The first-order chi connectivity index (χ1) is 7.09. The number of nitrogens with two attached hydrogens (primary N) is 1. The van der Waals surface area contributed by atoms with Crippen molar-refractivity contribution in [1.82, 2.24) is 4.98 Å². The first-order valence-corrected chi connectivity index (χ1v) is 6.35. The summed E-state index contributed by atoms with van der Waals surface area (Å²) in [5, 5.41) is 1.10. The molecule has 2 rings (SSSR count). The molecule has 4 heteroatoms. The Bertz CT molecular complexity index is 330. The smallest absolute Gasteiger partial charge is 0.185 e. The van der Waals surface area contributed by atoms with Crippen molar-refractivity contribution in [1.29, 1.82) is 0 Å². The lowest BCUT2D eigenvalue weighted by Gasteiger charge is -2.23. The van der Waals surface area contributed by atoms with Gasteiger partial charge in [0.15, 0.2) is 5.13 Å². The Morgan fingerprint density at radius 1 is 1.53 bits per heavy atom. The first kappa shape index (κ1) is 10.9. The third-order valence-corrected chi connectivity index (χ3v) is 4.47. The molecule has 0 bridgehead atoms. The van der Waals surface area contributed by atoms with Crippen molar-refractivity contribution in [2.24, 2.45) is 11.7 Å². The molecule has 2 N–H and O–H groups in total. The molecule has 1 fully saturated rings. The summed E-state index contributed by atoms with van der Waals surface area (Å²) in [6.07, 6.45) is 4.65. The maximum atomic E-state index is 5.83. The van der Waals surface area contributed by atoms with E-state index in [4.69, 9.17) is 5.73 Å². The van der Waals surface area contributed by atoms with Gasteiger partial charge in [-0.15, -0.1) is 11.3 Å². The molecule has 0 saturated heterocycles. The van der Waals surface area contributed by atoms with Gasteiger partial charge < -0.3 is 10.6 Å². The zero-order valence-electron chi connectivity index (χ0n) is 9.60. The van der Waals surface area contributed by atoms with Crippen molar-refractivity contribution in [3.8, 4) is 0 Å². The van der Waals surface area contributed by atoms with Crippen molar-refractivity contribution < 1.29 is 0 Å². The van der Waals surface area contributed by atoms with Crippen molar-refractivity contribution in [2.45, 2.75) is 38.8 Å². The predicted octanol–water partition coefficient (Wildman–Crippen LogP) is 2.40. The summed E-state index contributed by atoms with van der Waals surface area (Å²) < 4.78 is 0.